The van der Waals surface area contributed by atoms with Gasteiger partial charge in [0, 0.05) is 18.2 Å². The van der Waals surface area contributed by atoms with Crippen LogP contribution in [0.3, 0.4) is 0 Å². The zero-order valence-corrected chi connectivity index (χ0v) is 16.6. The number of aryl methyl sites for hydroxylation is 1. The SMILES string of the molecule is Cc1cccc2nc(OCc3ccc(C(=O)c4ccc(F)cc4)cc3)n(C)c(=O)c12. The molecule has 0 unspecified atom stereocenters. The Morgan fingerprint density at radius 1 is 1.00 bits per heavy atom. The Balaban J connectivity index is 1.52. The Labute approximate surface area is 172 Å². The summed E-state index contributed by atoms with van der Waals surface area (Å²) in [5, 5.41) is 0.580. The van der Waals surface area contributed by atoms with Gasteiger partial charge in [0.1, 0.15) is 12.4 Å². The average Bonchev–Trinajstić information content (AvgIpc) is 2.75. The Kier molecular flexibility index (Phi) is 5.14. The lowest BCUT2D eigenvalue weighted by molar-refractivity contribution is 0.103. The summed E-state index contributed by atoms with van der Waals surface area (Å²) in [5.41, 5.74) is 3.04. The van der Waals surface area contributed by atoms with E-state index in [1.807, 2.05) is 19.1 Å². The summed E-state index contributed by atoms with van der Waals surface area (Å²) in [7, 11) is 1.63. The molecule has 0 saturated carbocycles. The van der Waals surface area contributed by atoms with Crippen LogP contribution in [0.2, 0.25) is 0 Å². The molecule has 6 heteroatoms. The second kappa shape index (κ2) is 7.91. The molecule has 4 rings (SSSR count). The topological polar surface area (TPSA) is 61.2 Å². The number of ketones is 1. The summed E-state index contributed by atoms with van der Waals surface area (Å²) in [6.45, 7) is 2.07. The fourth-order valence-electron chi connectivity index (χ4n) is 3.25. The third-order valence-electron chi connectivity index (χ3n) is 4.96. The maximum Gasteiger partial charge on any atom is 0.299 e. The molecule has 0 fully saturated rings. The van der Waals surface area contributed by atoms with E-state index in [0.29, 0.717) is 22.0 Å². The fraction of sp³-hybridized carbons (Fsp3) is 0.125. The molecule has 0 amide bonds. The van der Waals surface area contributed by atoms with Gasteiger partial charge >= 0.3 is 0 Å². The first-order valence-electron chi connectivity index (χ1n) is 9.42. The third-order valence-corrected chi connectivity index (χ3v) is 4.96. The molecule has 0 saturated heterocycles. The van der Waals surface area contributed by atoms with Gasteiger partial charge in [0.15, 0.2) is 5.78 Å². The van der Waals surface area contributed by atoms with Crippen LogP contribution in [0, 0.1) is 12.7 Å². The summed E-state index contributed by atoms with van der Waals surface area (Å²) in [6, 6.07) is 18.1. The summed E-state index contributed by atoms with van der Waals surface area (Å²) in [5.74, 6) is -0.567. The summed E-state index contributed by atoms with van der Waals surface area (Å²) in [4.78, 5) is 29.6. The highest BCUT2D eigenvalue weighted by molar-refractivity contribution is 6.08. The molecule has 150 valence electrons. The Morgan fingerprint density at radius 3 is 2.30 bits per heavy atom. The van der Waals surface area contributed by atoms with Gasteiger partial charge in [0.25, 0.3) is 11.6 Å². The van der Waals surface area contributed by atoms with Crippen molar-refractivity contribution in [3.8, 4) is 6.01 Å². The van der Waals surface area contributed by atoms with Crippen LogP contribution < -0.4 is 10.3 Å². The molecule has 30 heavy (non-hydrogen) atoms. The van der Waals surface area contributed by atoms with Crippen molar-refractivity contribution in [1.82, 2.24) is 9.55 Å². The van der Waals surface area contributed by atoms with Crippen molar-refractivity contribution in [2.24, 2.45) is 7.05 Å². The van der Waals surface area contributed by atoms with Gasteiger partial charge in [-0.3, -0.25) is 14.2 Å². The predicted molar refractivity (Wildman–Crippen MR) is 112 cm³/mol. The van der Waals surface area contributed by atoms with Gasteiger partial charge in [0.05, 0.1) is 10.9 Å². The number of carbonyl (C=O) groups excluding carboxylic acids is 1. The fourth-order valence-corrected chi connectivity index (χ4v) is 3.25. The summed E-state index contributed by atoms with van der Waals surface area (Å²) < 4.78 is 20.2. The van der Waals surface area contributed by atoms with Crippen LogP contribution in [-0.4, -0.2) is 15.3 Å². The van der Waals surface area contributed by atoms with Crippen molar-refractivity contribution in [2.45, 2.75) is 13.5 Å². The Morgan fingerprint density at radius 2 is 1.63 bits per heavy atom. The van der Waals surface area contributed by atoms with Crippen LogP contribution in [0.5, 0.6) is 6.01 Å². The van der Waals surface area contributed by atoms with Gasteiger partial charge in [-0.15, -0.1) is 0 Å². The van der Waals surface area contributed by atoms with Crippen molar-refractivity contribution in [3.63, 3.8) is 0 Å². The molecule has 0 aliphatic rings. The normalized spacial score (nSPS) is 10.9. The highest BCUT2D eigenvalue weighted by Gasteiger charge is 2.12. The van der Waals surface area contributed by atoms with Crippen LogP contribution >= 0.6 is 0 Å². The number of fused-ring (bicyclic) bond motifs is 1. The molecule has 3 aromatic carbocycles. The Hall–Kier alpha value is -3.80. The molecule has 1 aromatic heterocycles. The van der Waals surface area contributed by atoms with Gasteiger partial charge in [0.2, 0.25) is 0 Å². The van der Waals surface area contributed by atoms with Crippen LogP contribution in [0.15, 0.2) is 71.5 Å². The number of aromatic nitrogens is 2. The lowest BCUT2D eigenvalue weighted by Gasteiger charge is -2.11. The third kappa shape index (κ3) is 3.72. The largest absolute Gasteiger partial charge is 0.460 e. The molecule has 1 heterocycles. The van der Waals surface area contributed by atoms with Gasteiger partial charge in [-0.1, -0.05) is 36.4 Å². The van der Waals surface area contributed by atoms with Crippen LogP contribution in [-0.2, 0) is 13.7 Å². The number of halogens is 1. The first kappa shape index (κ1) is 19.5. The lowest BCUT2D eigenvalue weighted by Crippen LogP contribution is -2.21. The van der Waals surface area contributed by atoms with Crippen LogP contribution in [0.1, 0.15) is 27.0 Å². The monoisotopic (exact) mass is 402 g/mol. The van der Waals surface area contributed by atoms with Crippen molar-refractivity contribution < 1.29 is 13.9 Å². The standard InChI is InChI=1S/C24H19FN2O3/c1-15-4-3-5-20-21(15)23(29)27(2)24(26-20)30-14-16-6-8-17(9-7-16)22(28)18-10-12-19(25)13-11-18/h3-13H,14H2,1-2H3. The zero-order chi connectivity index (χ0) is 21.3. The van der Waals surface area contributed by atoms with Gasteiger partial charge in [-0.05, 0) is 48.4 Å². The van der Waals surface area contributed by atoms with Crippen LogP contribution in [0.25, 0.3) is 10.9 Å². The molecule has 0 N–H and O–H groups in total. The van der Waals surface area contributed by atoms with E-state index in [1.165, 1.54) is 28.8 Å². The van der Waals surface area contributed by atoms with Gasteiger partial charge in [-0.2, -0.15) is 4.98 Å². The first-order chi connectivity index (χ1) is 14.4. The molecular weight excluding hydrogens is 383 g/mol. The first-order valence-corrected chi connectivity index (χ1v) is 9.42. The lowest BCUT2D eigenvalue weighted by atomic mass is 10.0. The van der Waals surface area contributed by atoms with E-state index in [2.05, 4.69) is 4.98 Å². The second-order valence-corrected chi connectivity index (χ2v) is 7.05. The van der Waals surface area contributed by atoms with Crippen molar-refractivity contribution in [3.05, 3.63) is 105 Å². The number of carbonyl (C=O) groups is 1. The van der Waals surface area contributed by atoms with Gasteiger partial charge in [-0.25, -0.2) is 4.39 Å². The number of ether oxygens (including phenoxy) is 1. The van der Waals surface area contributed by atoms with E-state index in [1.54, 1.807) is 37.4 Å². The highest BCUT2D eigenvalue weighted by atomic mass is 19.1. The number of hydrogen-bond acceptors (Lipinski definition) is 4. The molecule has 0 atom stereocenters. The number of hydrogen-bond donors (Lipinski definition) is 0. The van der Waals surface area contributed by atoms with E-state index in [4.69, 9.17) is 4.74 Å². The molecule has 0 radical (unpaired) electrons. The van der Waals surface area contributed by atoms with E-state index in [-0.39, 0.29) is 29.8 Å². The Bertz CT molecular complexity index is 1290. The maximum atomic E-state index is 13.0. The molecule has 0 aliphatic heterocycles. The van der Waals surface area contributed by atoms with E-state index >= 15 is 0 Å². The number of rotatable bonds is 5. The minimum atomic E-state index is -0.383. The van der Waals surface area contributed by atoms with E-state index < -0.39 is 0 Å². The second-order valence-electron chi connectivity index (χ2n) is 7.05. The van der Waals surface area contributed by atoms with Crippen molar-refractivity contribution in [1.29, 1.82) is 0 Å². The zero-order valence-electron chi connectivity index (χ0n) is 16.6. The van der Waals surface area contributed by atoms with Crippen molar-refractivity contribution >= 4 is 16.7 Å². The quantitative estimate of drug-likeness (QED) is 0.470. The number of benzene rings is 3. The molecule has 5 nitrogen and oxygen atoms in total. The van der Waals surface area contributed by atoms with E-state index in [9.17, 15) is 14.0 Å². The summed E-state index contributed by atoms with van der Waals surface area (Å²) >= 11 is 0. The smallest absolute Gasteiger partial charge is 0.299 e. The molecular formula is C24H19FN2O3. The minimum absolute atomic E-state index is 0.159. The van der Waals surface area contributed by atoms with Crippen LogP contribution in [0.4, 0.5) is 4.39 Å². The average molecular weight is 402 g/mol. The maximum absolute atomic E-state index is 13.0. The minimum Gasteiger partial charge on any atom is -0.460 e. The number of nitrogens with zero attached hydrogens (tertiary/aromatic N) is 2. The highest BCUT2D eigenvalue weighted by Crippen LogP contribution is 2.17. The predicted octanol–water partition coefficient (Wildman–Crippen LogP) is 4.19. The summed E-state index contributed by atoms with van der Waals surface area (Å²) in [6.07, 6.45) is 0. The molecule has 0 aliphatic carbocycles. The van der Waals surface area contributed by atoms with E-state index in [0.717, 1.165) is 11.1 Å². The molecule has 0 spiro atoms. The van der Waals surface area contributed by atoms with Crippen molar-refractivity contribution in [2.75, 3.05) is 0 Å². The van der Waals surface area contributed by atoms with Gasteiger partial charge < -0.3 is 4.74 Å². The molecule has 0 bridgehead atoms. The molecule has 4 aromatic rings.